The normalized spacial score (nSPS) is 12.7. The molecule has 0 aliphatic heterocycles. The van der Waals surface area contributed by atoms with Crippen molar-refractivity contribution in [2.45, 2.75) is 32.8 Å². The zero-order valence-corrected chi connectivity index (χ0v) is 13.3. The highest BCUT2D eigenvalue weighted by Gasteiger charge is 2.15. The van der Waals surface area contributed by atoms with E-state index in [9.17, 15) is 5.11 Å². The monoisotopic (exact) mass is 312 g/mol. The number of hydrogen-bond acceptors (Lipinski definition) is 2. The molecule has 0 amide bonds. The summed E-state index contributed by atoms with van der Waals surface area (Å²) in [6, 6.07) is 5.45. The standard InChI is InChI=1S/C15H18Cl2N2O/c1-9-13(10(2)19(3)18-9)8-12(20)6-11-4-5-14(16)15(17)7-11/h4-5,7,12,20H,6,8H2,1-3H3. The molecule has 1 atom stereocenters. The quantitative estimate of drug-likeness (QED) is 0.938. The predicted molar refractivity (Wildman–Crippen MR) is 82.6 cm³/mol. The van der Waals surface area contributed by atoms with Gasteiger partial charge in [-0.25, -0.2) is 0 Å². The van der Waals surface area contributed by atoms with Crippen molar-refractivity contribution in [3.63, 3.8) is 0 Å². The Kier molecular flexibility index (Phi) is 4.74. The topological polar surface area (TPSA) is 38.0 Å². The molecule has 1 aromatic carbocycles. The van der Waals surface area contributed by atoms with Crippen LogP contribution >= 0.6 is 23.2 Å². The summed E-state index contributed by atoms with van der Waals surface area (Å²) >= 11 is 11.9. The third kappa shape index (κ3) is 3.35. The van der Waals surface area contributed by atoms with Gasteiger partial charge in [-0.1, -0.05) is 29.3 Å². The zero-order valence-electron chi connectivity index (χ0n) is 11.8. The maximum atomic E-state index is 10.3. The fourth-order valence-electron chi connectivity index (χ4n) is 2.36. The highest BCUT2D eigenvalue weighted by atomic mass is 35.5. The molecule has 2 rings (SSSR count). The molecular formula is C15H18Cl2N2O. The molecule has 0 aliphatic carbocycles. The van der Waals surface area contributed by atoms with Crippen molar-refractivity contribution in [1.82, 2.24) is 9.78 Å². The Hall–Kier alpha value is -1.03. The Morgan fingerprint density at radius 1 is 1.20 bits per heavy atom. The second-order valence-electron chi connectivity index (χ2n) is 5.08. The van der Waals surface area contributed by atoms with Gasteiger partial charge in [-0.05, 0) is 43.5 Å². The molecule has 3 nitrogen and oxygen atoms in total. The van der Waals surface area contributed by atoms with E-state index in [0.29, 0.717) is 22.9 Å². The van der Waals surface area contributed by atoms with Crippen molar-refractivity contribution in [1.29, 1.82) is 0 Å². The molecule has 108 valence electrons. The van der Waals surface area contributed by atoms with Gasteiger partial charge in [-0.3, -0.25) is 4.68 Å². The van der Waals surface area contributed by atoms with Crippen molar-refractivity contribution in [3.05, 3.63) is 50.8 Å². The number of aliphatic hydroxyl groups excluding tert-OH is 1. The van der Waals surface area contributed by atoms with Crippen LogP contribution in [0.5, 0.6) is 0 Å². The predicted octanol–water partition coefficient (Wildman–Crippen LogP) is 3.49. The van der Waals surface area contributed by atoms with E-state index in [2.05, 4.69) is 5.10 Å². The highest BCUT2D eigenvalue weighted by molar-refractivity contribution is 6.42. The van der Waals surface area contributed by atoms with Crippen LogP contribution < -0.4 is 0 Å². The van der Waals surface area contributed by atoms with Crippen molar-refractivity contribution in [3.8, 4) is 0 Å². The Labute approximate surface area is 129 Å². The molecule has 5 heteroatoms. The molecule has 0 bridgehead atoms. The minimum atomic E-state index is -0.464. The van der Waals surface area contributed by atoms with E-state index in [0.717, 1.165) is 22.5 Å². The number of hydrogen-bond donors (Lipinski definition) is 1. The lowest BCUT2D eigenvalue weighted by molar-refractivity contribution is 0.175. The first-order valence-corrected chi connectivity index (χ1v) is 7.25. The number of aromatic nitrogens is 2. The van der Waals surface area contributed by atoms with Crippen LogP contribution in [0.25, 0.3) is 0 Å². The Morgan fingerprint density at radius 3 is 2.45 bits per heavy atom. The number of halogens is 2. The summed E-state index contributed by atoms with van der Waals surface area (Å²) < 4.78 is 1.84. The van der Waals surface area contributed by atoms with Gasteiger partial charge in [0.15, 0.2) is 0 Å². The molecule has 0 spiro atoms. The lowest BCUT2D eigenvalue weighted by Crippen LogP contribution is -2.15. The van der Waals surface area contributed by atoms with E-state index in [1.165, 1.54) is 0 Å². The molecule has 2 aromatic rings. The fraction of sp³-hybridized carbons (Fsp3) is 0.400. The summed E-state index contributed by atoms with van der Waals surface area (Å²) in [5.74, 6) is 0. The van der Waals surface area contributed by atoms with Crippen LogP contribution in [0.15, 0.2) is 18.2 Å². The number of aliphatic hydroxyl groups is 1. The second kappa shape index (κ2) is 6.17. The summed E-state index contributed by atoms with van der Waals surface area (Å²) in [4.78, 5) is 0. The van der Waals surface area contributed by atoms with Gasteiger partial charge in [0.1, 0.15) is 0 Å². The van der Waals surface area contributed by atoms with Crippen LogP contribution in [0.1, 0.15) is 22.5 Å². The summed E-state index contributed by atoms with van der Waals surface area (Å²) in [5, 5.41) is 15.7. The summed E-state index contributed by atoms with van der Waals surface area (Å²) in [6.07, 6.45) is 0.671. The first-order chi connectivity index (χ1) is 9.38. The molecule has 0 saturated heterocycles. The maximum absolute atomic E-state index is 10.3. The molecule has 0 fully saturated rings. The largest absolute Gasteiger partial charge is 0.392 e. The Morgan fingerprint density at radius 2 is 1.90 bits per heavy atom. The number of nitrogens with zero attached hydrogens (tertiary/aromatic N) is 2. The van der Waals surface area contributed by atoms with Crippen LogP contribution in [-0.2, 0) is 19.9 Å². The molecule has 0 saturated carbocycles. The van der Waals surface area contributed by atoms with Crippen molar-refractivity contribution in [2.24, 2.45) is 7.05 Å². The van der Waals surface area contributed by atoms with E-state index >= 15 is 0 Å². The number of rotatable bonds is 4. The molecular weight excluding hydrogens is 295 g/mol. The van der Waals surface area contributed by atoms with Gasteiger partial charge >= 0.3 is 0 Å². The van der Waals surface area contributed by atoms with Crippen molar-refractivity contribution >= 4 is 23.2 Å². The maximum Gasteiger partial charge on any atom is 0.0629 e. The minimum Gasteiger partial charge on any atom is -0.392 e. The average molecular weight is 313 g/mol. The van der Waals surface area contributed by atoms with Crippen molar-refractivity contribution < 1.29 is 5.11 Å². The van der Waals surface area contributed by atoms with Gasteiger partial charge in [-0.15, -0.1) is 0 Å². The lowest BCUT2D eigenvalue weighted by Gasteiger charge is -2.12. The highest BCUT2D eigenvalue weighted by Crippen LogP contribution is 2.24. The first kappa shape index (κ1) is 15.4. The van der Waals surface area contributed by atoms with Crippen molar-refractivity contribution in [2.75, 3.05) is 0 Å². The third-order valence-electron chi connectivity index (χ3n) is 3.55. The van der Waals surface area contributed by atoms with Crippen LogP contribution in [0.2, 0.25) is 10.0 Å². The minimum absolute atomic E-state index is 0.464. The van der Waals surface area contributed by atoms with E-state index in [1.54, 1.807) is 12.1 Å². The van der Waals surface area contributed by atoms with Crippen LogP contribution in [0, 0.1) is 13.8 Å². The molecule has 20 heavy (non-hydrogen) atoms. The number of aryl methyl sites for hydroxylation is 2. The molecule has 1 heterocycles. The van der Waals surface area contributed by atoms with E-state index in [-0.39, 0.29) is 0 Å². The summed E-state index contributed by atoms with van der Waals surface area (Å²) in [7, 11) is 1.91. The second-order valence-corrected chi connectivity index (χ2v) is 5.90. The van der Waals surface area contributed by atoms with Gasteiger partial charge in [0, 0.05) is 19.2 Å². The molecule has 0 aliphatic rings. The Balaban J connectivity index is 2.08. The Bertz CT molecular complexity index is 623. The molecule has 0 radical (unpaired) electrons. The van der Waals surface area contributed by atoms with E-state index < -0.39 is 6.10 Å². The van der Waals surface area contributed by atoms with Gasteiger partial charge in [0.2, 0.25) is 0 Å². The van der Waals surface area contributed by atoms with Crippen LogP contribution in [0.3, 0.4) is 0 Å². The van der Waals surface area contributed by atoms with Crippen LogP contribution in [-0.4, -0.2) is 21.0 Å². The summed E-state index contributed by atoms with van der Waals surface area (Å²) in [5.41, 5.74) is 4.15. The van der Waals surface area contributed by atoms with E-state index in [4.69, 9.17) is 23.2 Å². The van der Waals surface area contributed by atoms with Gasteiger partial charge in [-0.2, -0.15) is 5.10 Å². The van der Waals surface area contributed by atoms with E-state index in [1.807, 2.05) is 31.6 Å². The summed E-state index contributed by atoms with van der Waals surface area (Å²) in [6.45, 7) is 3.98. The lowest BCUT2D eigenvalue weighted by atomic mass is 10.0. The fourth-order valence-corrected chi connectivity index (χ4v) is 2.68. The molecule has 1 aromatic heterocycles. The van der Waals surface area contributed by atoms with Gasteiger partial charge in [0.25, 0.3) is 0 Å². The average Bonchev–Trinajstić information content (AvgIpc) is 2.61. The third-order valence-corrected chi connectivity index (χ3v) is 4.29. The number of benzene rings is 1. The molecule has 1 unspecified atom stereocenters. The first-order valence-electron chi connectivity index (χ1n) is 6.49. The SMILES string of the molecule is Cc1nn(C)c(C)c1CC(O)Cc1ccc(Cl)c(Cl)c1. The zero-order chi connectivity index (χ0) is 14.9. The van der Waals surface area contributed by atoms with Gasteiger partial charge in [0.05, 0.1) is 21.8 Å². The van der Waals surface area contributed by atoms with Gasteiger partial charge < -0.3 is 5.11 Å². The van der Waals surface area contributed by atoms with Crippen LogP contribution in [0.4, 0.5) is 0 Å². The molecule has 1 N–H and O–H groups in total. The smallest absolute Gasteiger partial charge is 0.0629 e.